The van der Waals surface area contributed by atoms with E-state index in [0.717, 1.165) is 35.2 Å². The Morgan fingerprint density at radius 2 is 2.23 bits per heavy atom. The highest BCUT2D eigenvalue weighted by molar-refractivity contribution is 7.13. The predicted octanol–water partition coefficient (Wildman–Crippen LogP) is 4.11. The summed E-state index contributed by atoms with van der Waals surface area (Å²) in [5.41, 5.74) is 0.975. The lowest BCUT2D eigenvalue weighted by atomic mass is 9.60. The first-order valence-corrected chi connectivity index (χ1v) is 10.4. The lowest BCUT2D eigenvalue weighted by Gasteiger charge is -2.54. The Bertz CT molecular complexity index is 776. The van der Waals surface area contributed by atoms with Gasteiger partial charge >= 0.3 is 0 Å². The van der Waals surface area contributed by atoms with E-state index in [0.29, 0.717) is 12.5 Å². The highest BCUT2D eigenvalue weighted by atomic mass is 32.1. The molecule has 0 aliphatic heterocycles. The van der Waals surface area contributed by atoms with Crippen LogP contribution in [0.4, 0.5) is 0 Å². The Labute approximate surface area is 158 Å². The molecule has 1 spiro atoms. The van der Waals surface area contributed by atoms with Gasteiger partial charge in [0.25, 0.3) is 0 Å². The third-order valence-electron chi connectivity index (χ3n) is 5.87. The number of hydrogen-bond acceptors (Lipinski definition) is 5. The van der Waals surface area contributed by atoms with E-state index in [2.05, 4.69) is 17.2 Å². The zero-order valence-electron chi connectivity index (χ0n) is 15.4. The van der Waals surface area contributed by atoms with E-state index in [4.69, 9.17) is 9.15 Å². The normalized spacial score (nSPS) is 23.9. The molecular formula is C20H26N2O3S. The molecule has 2 aromatic heterocycles. The van der Waals surface area contributed by atoms with E-state index in [-0.39, 0.29) is 17.4 Å². The third kappa shape index (κ3) is 3.21. The van der Waals surface area contributed by atoms with Gasteiger partial charge in [-0.1, -0.05) is 12.8 Å². The number of amides is 1. The smallest absolute Gasteiger partial charge is 0.226 e. The van der Waals surface area contributed by atoms with Gasteiger partial charge in [-0.25, -0.2) is 4.98 Å². The Kier molecular flexibility index (Phi) is 4.88. The van der Waals surface area contributed by atoms with Crippen LogP contribution < -0.4 is 5.32 Å². The maximum atomic E-state index is 12.6. The number of thiazole rings is 1. The summed E-state index contributed by atoms with van der Waals surface area (Å²) in [6, 6.07) is 4.10. The first-order chi connectivity index (χ1) is 12.6. The molecule has 1 N–H and O–H groups in total. The molecule has 0 unspecified atom stereocenters. The molecule has 26 heavy (non-hydrogen) atoms. The van der Waals surface area contributed by atoms with Crippen LogP contribution >= 0.6 is 11.3 Å². The van der Waals surface area contributed by atoms with Gasteiger partial charge in [-0.3, -0.25) is 4.79 Å². The fraction of sp³-hybridized carbons (Fsp3) is 0.600. The first kappa shape index (κ1) is 17.7. The minimum Gasteiger partial charge on any atom is -0.459 e. The molecule has 2 aliphatic rings. The van der Waals surface area contributed by atoms with Gasteiger partial charge in [0.2, 0.25) is 5.91 Å². The molecule has 0 saturated heterocycles. The number of carbonyl (C=O) groups excluding carboxylic acids is 1. The summed E-state index contributed by atoms with van der Waals surface area (Å²) in [4.78, 5) is 17.1. The van der Waals surface area contributed by atoms with Crippen molar-refractivity contribution in [2.75, 3.05) is 6.61 Å². The van der Waals surface area contributed by atoms with Gasteiger partial charge in [-0.05, 0) is 45.2 Å². The monoisotopic (exact) mass is 374 g/mol. The number of rotatable bonds is 6. The molecule has 0 aromatic carbocycles. The molecule has 6 heteroatoms. The van der Waals surface area contributed by atoms with Crippen LogP contribution in [-0.2, 0) is 16.0 Å². The number of ether oxygens (including phenoxy) is 1. The summed E-state index contributed by atoms with van der Waals surface area (Å²) in [6.07, 6.45) is 6.40. The van der Waals surface area contributed by atoms with Crippen molar-refractivity contribution in [2.45, 2.75) is 64.5 Å². The number of carbonyl (C=O) groups is 1. The van der Waals surface area contributed by atoms with Crippen LogP contribution in [0, 0.1) is 12.3 Å². The first-order valence-electron chi connectivity index (χ1n) is 9.53. The molecule has 1 amide bonds. The number of furan rings is 1. The fourth-order valence-electron chi connectivity index (χ4n) is 4.55. The second kappa shape index (κ2) is 7.16. The third-order valence-corrected chi connectivity index (χ3v) is 6.77. The second-order valence-corrected chi connectivity index (χ2v) is 8.33. The van der Waals surface area contributed by atoms with Crippen molar-refractivity contribution >= 4 is 17.2 Å². The molecule has 2 fully saturated rings. The van der Waals surface area contributed by atoms with Crippen LogP contribution in [0.2, 0.25) is 0 Å². The molecule has 0 bridgehead atoms. The Hall–Kier alpha value is -1.66. The molecule has 2 heterocycles. The molecule has 2 aliphatic carbocycles. The highest BCUT2D eigenvalue weighted by Crippen LogP contribution is 2.54. The average Bonchev–Trinajstić information content (AvgIpc) is 3.34. The van der Waals surface area contributed by atoms with Gasteiger partial charge in [-0.15, -0.1) is 11.3 Å². The van der Waals surface area contributed by atoms with Gasteiger partial charge in [-0.2, -0.15) is 0 Å². The van der Waals surface area contributed by atoms with Crippen molar-refractivity contribution in [2.24, 2.45) is 5.41 Å². The maximum Gasteiger partial charge on any atom is 0.226 e. The molecule has 140 valence electrons. The highest BCUT2D eigenvalue weighted by Gasteiger charge is 2.57. The fourth-order valence-corrected chi connectivity index (χ4v) is 5.33. The number of hydrogen-bond donors (Lipinski definition) is 1. The molecule has 2 aromatic rings. The summed E-state index contributed by atoms with van der Waals surface area (Å²) in [5.74, 6) is 1.69. The van der Waals surface area contributed by atoms with E-state index in [1.165, 1.54) is 37.0 Å². The van der Waals surface area contributed by atoms with Crippen LogP contribution in [0.5, 0.6) is 0 Å². The topological polar surface area (TPSA) is 64.4 Å². The van der Waals surface area contributed by atoms with Crippen molar-refractivity contribution in [3.05, 3.63) is 29.0 Å². The van der Waals surface area contributed by atoms with Gasteiger partial charge in [0.05, 0.1) is 18.2 Å². The molecular weight excluding hydrogens is 348 g/mol. The number of nitrogens with zero attached hydrogens (tertiary/aromatic N) is 1. The molecule has 0 radical (unpaired) electrons. The largest absolute Gasteiger partial charge is 0.459 e. The van der Waals surface area contributed by atoms with Gasteiger partial charge in [0, 0.05) is 23.4 Å². The van der Waals surface area contributed by atoms with E-state index in [1.54, 1.807) is 0 Å². The van der Waals surface area contributed by atoms with Crippen LogP contribution in [0.1, 0.15) is 50.5 Å². The van der Waals surface area contributed by atoms with Crippen LogP contribution in [0.3, 0.4) is 0 Å². The summed E-state index contributed by atoms with van der Waals surface area (Å²) in [7, 11) is 0. The SMILES string of the molecule is CCO[C@H]1C[C@H](NC(=O)Cc2csc(-c3ccc(C)o3)n2)C12CCCC2. The number of aromatic nitrogens is 1. The number of nitrogens with one attached hydrogen (secondary N) is 1. The summed E-state index contributed by atoms with van der Waals surface area (Å²) in [6.45, 7) is 4.72. The standard InChI is InChI=1S/C20H26N2O3S/c1-3-24-17-11-16(20(17)8-4-5-9-20)22-18(23)10-14-12-26-19(21-14)15-7-6-13(2)25-15/h6-7,12,16-17H,3-5,8-11H2,1-2H3,(H,22,23)/t16-,17-/m0/s1. The van der Waals surface area contributed by atoms with E-state index in [9.17, 15) is 4.79 Å². The molecule has 5 nitrogen and oxygen atoms in total. The van der Waals surface area contributed by atoms with E-state index >= 15 is 0 Å². The van der Waals surface area contributed by atoms with E-state index in [1.807, 2.05) is 24.4 Å². The summed E-state index contributed by atoms with van der Waals surface area (Å²) >= 11 is 1.52. The van der Waals surface area contributed by atoms with Crippen LogP contribution in [0.25, 0.3) is 10.8 Å². The molecule has 2 atom stereocenters. The zero-order chi connectivity index (χ0) is 18.1. The van der Waals surface area contributed by atoms with Gasteiger partial charge in [0.1, 0.15) is 5.76 Å². The molecule has 2 saturated carbocycles. The van der Waals surface area contributed by atoms with Gasteiger partial charge in [0.15, 0.2) is 10.8 Å². The Morgan fingerprint density at radius 1 is 1.42 bits per heavy atom. The predicted molar refractivity (Wildman–Crippen MR) is 101 cm³/mol. The van der Waals surface area contributed by atoms with Crippen molar-refractivity contribution < 1.29 is 13.9 Å². The van der Waals surface area contributed by atoms with E-state index < -0.39 is 0 Å². The maximum absolute atomic E-state index is 12.6. The summed E-state index contributed by atoms with van der Waals surface area (Å²) in [5, 5.41) is 6.03. The van der Waals surface area contributed by atoms with Gasteiger partial charge < -0.3 is 14.5 Å². The quantitative estimate of drug-likeness (QED) is 0.826. The lowest BCUT2D eigenvalue weighted by Crippen LogP contribution is -2.63. The summed E-state index contributed by atoms with van der Waals surface area (Å²) < 4.78 is 11.5. The van der Waals surface area contributed by atoms with Crippen molar-refractivity contribution in [1.82, 2.24) is 10.3 Å². The average molecular weight is 375 g/mol. The second-order valence-electron chi connectivity index (χ2n) is 7.47. The van der Waals surface area contributed by atoms with Crippen molar-refractivity contribution in [3.63, 3.8) is 0 Å². The van der Waals surface area contributed by atoms with Crippen LogP contribution in [-0.4, -0.2) is 29.6 Å². The lowest BCUT2D eigenvalue weighted by molar-refractivity contribution is -0.143. The minimum atomic E-state index is 0.0590. The number of aryl methyl sites for hydroxylation is 1. The minimum absolute atomic E-state index is 0.0590. The Morgan fingerprint density at radius 3 is 2.92 bits per heavy atom. The van der Waals surface area contributed by atoms with Crippen molar-refractivity contribution in [1.29, 1.82) is 0 Å². The molecule has 4 rings (SSSR count). The van der Waals surface area contributed by atoms with Crippen molar-refractivity contribution in [3.8, 4) is 10.8 Å². The van der Waals surface area contributed by atoms with Crippen LogP contribution in [0.15, 0.2) is 21.9 Å². The Balaban J connectivity index is 1.36. The zero-order valence-corrected chi connectivity index (χ0v) is 16.2.